The van der Waals surface area contributed by atoms with E-state index in [2.05, 4.69) is 25.2 Å². The summed E-state index contributed by atoms with van der Waals surface area (Å²) in [4.78, 5) is 14.8. The summed E-state index contributed by atoms with van der Waals surface area (Å²) >= 11 is 0. The number of aromatic nitrogens is 3. The number of morpholine rings is 1. The average molecular weight is 296 g/mol. The Kier molecular flexibility index (Phi) is 6.42. The van der Waals surface area contributed by atoms with Crippen molar-refractivity contribution >= 4 is 17.8 Å². The maximum Gasteiger partial charge on any atom is 0.232 e. The van der Waals surface area contributed by atoms with Crippen LogP contribution in [0.15, 0.2) is 0 Å². The fourth-order valence-corrected chi connectivity index (χ4v) is 2.11. The second kappa shape index (κ2) is 8.58. The van der Waals surface area contributed by atoms with Gasteiger partial charge in [-0.15, -0.1) is 0 Å². The highest BCUT2D eigenvalue weighted by Crippen LogP contribution is 2.13. The van der Waals surface area contributed by atoms with E-state index in [1.54, 1.807) is 7.11 Å². The fourth-order valence-electron chi connectivity index (χ4n) is 2.11. The van der Waals surface area contributed by atoms with E-state index in [1.807, 2.05) is 0 Å². The number of methoxy groups -OCH3 is 1. The SMILES string of the molecule is COCCCCCNc1nc(N)nc(N2CCOCC2)n1. The predicted molar refractivity (Wildman–Crippen MR) is 81.5 cm³/mol. The van der Waals surface area contributed by atoms with Gasteiger partial charge >= 0.3 is 0 Å². The largest absolute Gasteiger partial charge is 0.385 e. The van der Waals surface area contributed by atoms with Crippen LogP contribution in [0.5, 0.6) is 0 Å². The van der Waals surface area contributed by atoms with Crippen molar-refractivity contribution in [3.8, 4) is 0 Å². The van der Waals surface area contributed by atoms with Crippen LogP contribution in [0.4, 0.5) is 17.8 Å². The van der Waals surface area contributed by atoms with Crippen molar-refractivity contribution in [2.45, 2.75) is 19.3 Å². The van der Waals surface area contributed by atoms with Crippen molar-refractivity contribution in [2.75, 3.05) is 62.5 Å². The van der Waals surface area contributed by atoms with Crippen LogP contribution in [-0.2, 0) is 9.47 Å². The van der Waals surface area contributed by atoms with Gasteiger partial charge in [0.2, 0.25) is 17.8 Å². The number of nitrogens with two attached hydrogens (primary N) is 1. The van der Waals surface area contributed by atoms with E-state index in [4.69, 9.17) is 15.2 Å². The van der Waals surface area contributed by atoms with Crippen molar-refractivity contribution in [1.82, 2.24) is 15.0 Å². The summed E-state index contributed by atoms with van der Waals surface area (Å²) < 4.78 is 10.3. The van der Waals surface area contributed by atoms with Gasteiger partial charge in [-0.3, -0.25) is 0 Å². The number of nitrogens with zero attached hydrogens (tertiary/aromatic N) is 4. The normalized spacial score (nSPS) is 15.2. The zero-order chi connectivity index (χ0) is 14.9. The molecular formula is C13H24N6O2. The minimum atomic E-state index is 0.244. The van der Waals surface area contributed by atoms with Crippen molar-refractivity contribution in [1.29, 1.82) is 0 Å². The molecule has 3 N–H and O–H groups in total. The number of hydrogen-bond acceptors (Lipinski definition) is 8. The van der Waals surface area contributed by atoms with E-state index < -0.39 is 0 Å². The van der Waals surface area contributed by atoms with Gasteiger partial charge in [-0.1, -0.05) is 0 Å². The number of ether oxygens (including phenoxy) is 2. The molecule has 0 saturated carbocycles. The molecule has 8 nitrogen and oxygen atoms in total. The van der Waals surface area contributed by atoms with Gasteiger partial charge in [-0.25, -0.2) is 0 Å². The fraction of sp³-hybridized carbons (Fsp3) is 0.769. The molecule has 1 saturated heterocycles. The van der Waals surface area contributed by atoms with Crippen LogP contribution < -0.4 is 16.0 Å². The summed E-state index contributed by atoms with van der Waals surface area (Å²) in [5, 5.41) is 3.20. The minimum absolute atomic E-state index is 0.244. The first-order valence-corrected chi connectivity index (χ1v) is 7.36. The van der Waals surface area contributed by atoms with E-state index in [1.165, 1.54) is 0 Å². The van der Waals surface area contributed by atoms with Crippen LogP contribution in [0.3, 0.4) is 0 Å². The zero-order valence-electron chi connectivity index (χ0n) is 12.5. The molecule has 0 amide bonds. The van der Waals surface area contributed by atoms with Gasteiger partial charge in [0.1, 0.15) is 0 Å². The van der Waals surface area contributed by atoms with Gasteiger partial charge in [0, 0.05) is 33.4 Å². The molecule has 0 aromatic carbocycles. The Morgan fingerprint density at radius 1 is 1.19 bits per heavy atom. The van der Waals surface area contributed by atoms with Crippen molar-refractivity contribution in [3.63, 3.8) is 0 Å². The molecular weight excluding hydrogens is 272 g/mol. The van der Waals surface area contributed by atoms with E-state index in [-0.39, 0.29) is 5.95 Å². The average Bonchev–Trinajstić information content (AvgIpc) is 2.51. The molecule has 2 heterocycles. The third-order valence-corrected chi connectivity index (χ3v) is 3.24. The lowest BCUT2D eigenvalue weighted by Gasteiger charge is -2.26. The Bertz CT molecular complexity index is 425. The Morgan fingerprint density at radius 2 is 2.00 bits per heavy atom. The topological polar surface area (TPSA) is 98.4 Å². The van der Waals surface area contributed by atoms with Crippen LogP contribution in [0.2, 0.25) is 0 Å². The van der Waals surface area contributed by atoms with Gasteiger partial charge in [-0.2, -0.15) is 15.0 Å². The second-order valence-corrected chi connectivity index (χ2v) is 4.90. The number of nitrogens with one attached hydrogen (secondary N) is 1. The second-order valence-electron chi connectivity index (χ2n) is 4.90. The molecule has 2 rings (SSSR count). The monoisotopic (exact) mass is 296 g/mol. The van der Waals surface area contributed by atoms with E-state index in [0.29, 0.717) is 25.1 Å². The molecule has 0 bridgehead atoms. The molecule has 1 aromatic rings. The van der Waals surface area contributed by atoms with Crippen molar-refractivity contribution in [2.24, 2.45) is 0 Å². The highest BCUT2D eigenvalue weighted by atomic mass is 16.5. The maximum absolute atomic E-state index is 5.76. The van der Waals surface area contributed by atoms with Crippen molar-refractivity contribution in [3.05, 3.63) is 0 Å². The number of anilines is 3. The molecule has 21 heavy (non-hydrogen) atoms. The van der Waals surface area contributed by atoms with Gasteiger partial charge < -0.3 is 25.4 Å². The van der Waals surface area contributed by atoms with Crippen LogP contribution in [0, 0.1) is 0 Å². The lowest BCUT2D eigenvalue weighted by Crippen LogP contribution is -2.37. The minimum Gasteiger partial charge on any atom is -0.385 e. The molecule has 118 valence electrons. The standard InChI is InChI=1S/C13H24N6O2/c1-20-8-4-2-3-5-15-12-16-11(14)17-13(18-12)19-6-9-21-10-7-19/h2-10H2,1H3,(H3,14,15,16,17,18). The van der Waals surface area contributed by atoms with Crippen molar-refractivity contribution < 1.29 is 9.47 Å². The zero-order valence-corrected chi connectivity index (χ0v) is 12.5. The van der Waals surface area contributed by atoms with E-state index in [9.17, 15) is 0 Å². The Morgan fingerprint density at radius 3 is 2.76 bits per heavy atom. The molecule has 1 aliphatic heterocycles. The highest BCUT2D eigenvalue weighted by molar-refractivity contribution is 5.42. The summed E-state index contributed by atoms with van der Waals surface area (Å²) in [6.07, 6.45) is 3.22. The summed E-state index contributed by atoms with van der Waals surface area (Å²) in [5.41, 5.74) is 5.76. The Labute approximate surface area is 125 Å². The molecule has 0 unspecified atom stereocenters. The highest BCUT2D eigenvalue weighted by Gasteiger charge is 2.15. The number of hydrogen-bond donors (Lipinski definition) is 2. The third-order valence-electron chi connectivity index (χ3n) is 3.24. The lowest BCUT2D eigenvalue weighted by atomic mass is 10.2. The first-order chi connectivity index (χ1) is 10.3. The van der Waals surface area contributed by atoms with Crippen LogP contribution in [0.1, 0.15) is 19.3 Å². The van der Waals surface area contributed by atoms with E-state index in [0.717, 1.165) is 45.5 Å². The van der Waals surface area contributed by atoms with Crippen LogP contribution in [-0.4, -0.2) is 61.5 Å². The van der Waals surface area contributed by atoms with Crippen LogP contribution >= 0.6 is 0 Å². The number of rotatable bonds is 8. The molecule has 0 aliphatic carbocycles. The van der Waals surface area contributed by atoms with Gasteiger partial charge in [0.25, 0.3) is 0 Å². The van der Waals surface area contributed by atoms with Gasteiger partial charge in [-0.05, 0) is 19.3 Å². The quantitative estimate of drug-likeness (QED) is 0.670. The summed E-state index contributed by atoms with van der Waals surface area (Å²) in [7, 11) is 1.72. The first kappa shape index (κ1) is 15.7. The Hall–Kier alpha value is -1.67. The van der Waals surface area contributed by atoms with Gasteiger partial charge in [0.15, 0.2) is 0 Å². The molecule has 0 radical (unpaired) electrons. The smallest absolute Gasteiger partial charge is 0.232 e. The number of nitrogen functional groups attached to an aromatic ring is 1. The first-order valence-electron chi connectivity index (χ1n) is 7.36. The molecule has 0 spiro atoms. The molecule has 1 fully saturated rings. The Balaban J connectivity index is 1.83. The molecule has 8 heteroatoms. The number of unbranched alkanes of at least 4 members (excludes halogenated alkanes) is 2. The summed E-state index contributed by atoms with van der Waals surface area (Å²) in [6, 6.07) is 0. The third kappa shape index (κ3) is 5.31. The lowest BCUT2D eigenvalue weighted by molar-refractivity contribution is 0.122. The van der Waals surface area contributed by atoms with E-state index >= 15 is 0 Å². The summed E-state index contributed by atoms with van der Waals surface area (Å²) in [5.74, 6) is 1.40. The maximum atomic E-state index is 5.76. The molecule has 1 aliphatic rings. The van der Waals surface area contributed by atoms with Gasteiger partial charge in [0.05, 0.1) is 13.2 Å². The molecule has 0 atom stereocenters. The predicted octanol–water partition coefficient (Wildman–Crippen LogP) is 0.519. The summed E-state index contributed by atoms with van der Waals surface area (Å²) in [6.45, 7) is 4.55. The van der Waals surface area contributed by atoms with Crippen LogP contribution in [0.25, 0.3) is 0 Å². The molecule has 1 aromatic heterocycles.